The van der Waals surface area contributed by atoms with E-state index in [0.29, 0.717) is 31.7 Å². The molecule has 2 atom stereocenters. The Hall–Kier alpha value is -4.43. The van der Waals surface area contributed by atoms with Gasteiger partial charge in [-0.2, -0.15) is 0 Å². The highest BCUT2D eigenvalue weighted by Gasteiger charge is 2.64. The highest BCUT2D eigenvalue weighted by molar-refractivity contribution is 5.93. The third-order valence-corrected chi connectivity index (χ3v) is 7.14. The number of fused-ring (bicyclic) bond motifs is 1. The molecule has 0 unspecified atom stereocenters. The predicted molar refractivity (Wildman–Crippen MR) is 147 cm³/mol. The molecule has 8 heteroatoms. The summed E-state index contributed by atoms with van der Waals surface area (Å²) in [5.41, 5.74) is 4.66. The zero-order valence-corrected chi connectivity index (χ0v) is 21.7. The van der Waals surface area contributed by atoms with E-state index in [-0.39, 0.29) is 6.61 Å². The topological polar surface area (TPSA) is 110 Å². The zero-order chi connectivity index (χ0) is 27.2. The highest BCUT2D eigenvalue weighted by Crippen LogP contribution is 2.56. The minimum absolute atomic E-state index is 0.230. The molecule has 0 radical (unpaired) electrons. The predicted octanol–water partition coefficient (Wildman–Crippen LogP) is 5.04. The number of rotatable bonds is 11. The maximum atomic E-state index is 12.6. The Labute approximate surface area is 226 Å². The summed E-state index contributed by atoms with van der Waals surface area (Å²) in [7, 11) is 0. The van der Waals surface area contributed by atoms with Gasteiger partial charge in [-0.05, 0) is 55.2 Å². The van der Waals surface area contributed by atoms with Crippen molar-refractivity contribution in [1.29, 1.82) is 0 Å². The van der Waals surface area contributed by atoms with Crippen LogP contribution in [0, 0.1) is 11.3 Å². The van der Waals surface area contributed by atoms with Crippen molar-refractivity contribution in [3.8, 4) is 5.75 Å². The van der Waals surface area contributed by atoms with Crippen LogP contribution in [0.3, 0.4) is 0 Å². The van der Waals surface area contributed by atoms with Gasteiger partial charge in [-0.25, -0.2) is 10.5 Å². The molecule has 1 saturated carbocycles. The fourth-order valence-corrected chi connectivity index (χ4v) is 4.97. The largest absolute Gasteiger partial charge is 0.489 e. The summed E-state index contributed by atoms with van der Waals surface area (Å²) in [6, 6.07) is 27.7. The Morgan fingerprint density at radius 1 is 1.00 bits per heavy atom. The molecule has 8 nitrogen and oxygen atoms in total. The number of nitrogens with one attached hydrogen (secondary N) is 2. The summed E-state index contributed by atoms with van der Waals surface area (Å²) in [6.45, 7) is 2.99. The zero-order valence-electron chi connectivity index (χ0n) is 21.7. The summed E-state index contributed by atoms with van der Waals surface area (Å²) in [5.74, 6) is -0.127. The van der Waals surface area contributed by atoms with Gasteiger partial charge in [0.1, 0.15) is 18.2 Å². The van der Waals surface area contributed by atoms with Crippen molar-refractivity contribution in [2.45, 2.75) is 32.9 Å². The first-order valence-corrected chi connectivity index (χ1v) is 13.0. The summed E-state index contributed by atoms with van der Waals surface area (Å²) < 4.78 is 11.4. The van der Waals surface area contributed by atoms with Gasteiger partial charge in [0, 0.05) is 17.5 Å². The molecule has 0 bridgehead atoms. The van der Waals surface area contributed by atoms with Gasteiger partial charge in [0.25, 0.3) is 0 Å². The van der Waals surface area contributed by atoms with Crippen LogP contribution < -0.4 is 15.5 Å². The third-order valence-electron chi connectivity index (χ3n) is 7.14. The van der Waals surface area contributed by atoms with Gasteiger partial charge < -0.3 is 14.8 Å². The highest BCUT2D eigenvalue weighted by atomic mass is 16.5. The number of aromatic nitrogens is 1. The molecule has 1 amide bonds. The van der Waals surface area contributed by atoms with Crippen molar-refractivity contribution in [1.82, 2.24) is 10.5 Å². The number of ether oxygens (including phenoxy) is 2. The average Bonchev–Trinajstić information content (AvgIpc) is 3.71. The quantitative estimate of drug-likeness (QED) is 0.143. The number of nitrogens with zero attached hydrogens (tertiary/aromatic N) is 1. The SMILES string of the molecule is CCOC(=O)[C@@]1(Cc2ccc(OCc3cc(NCc4ccccc4)nc4ccccc34)cc2)C[C@@H]1C(=O)NO. The van der Waals surface area contributed by atoms with E-state index in [1.54, 1.807) is 12.4 Å². The Balaban J connectivity index is 1.27. The number of pyridine rings is 1. The summed E-state index contributed by atoms with van der Waals surface area (Å²) in [5, 5.41) is 13.5. The van der Waals surface area contributed by atoms with Crippen molar-refractivity contribution < 1.29 is 24.3 Å². The van der Waals surface area contributed by atoms with E-state index in [0.717, 1.165) is 27.8 Å². The van der Waals surface area contributed by atoms with Crippen molar-refractivity contribution in [2.75, 3.05) is 11.9 Å². The number of benzene rings is 3. The van der Waals surface area contributed by atoms with Crippen LogP contribution in [0.25, 0.3) is 10.9 Å². The molecule has 5 rings (SSSR count). The van der Waals surface area contributed by atoms with Crippen LogP contribution in [0.4, 0.5) is 5.82 Å². The maximum Gasteiger partial charge on any atom is 0.313 e. The lowest BCUT2D eigenvalue weighted by Gasteiger charge is -2.16. The number of hydrogen-bond donors (Lipinski definition) is 3. The standard InChI is InChI=1S/C31H31N3O5/c1-2-38-30(36)31(18-26(31)29(35)34-37)17-21-12-14-24(15-13-21)39-20-23-16-28(32-19-22-8-4-3-5-9-22)33-27-11-7-6-10-25(23)27/h3-16,26,37H,2,17-20H2,1H3,(H,32,33)(H,34,35)/t26-,31+/m1/s1. The molecule has 4 aromatic rings. The molecule has 39 heavy (non-hydrogen) atoms. The van der Waals surface area contributed by atoms with Crippen LogP contribution in [-0.4, -0.2) is 28.7 Å². The second-order valence-electron chi connectivity index (χ2n) is 9.74. The number of amides is 1. The van der Waals surface area contributed by atoms with E-state index >= 15 is 0 Å². The van der Waals surface area contributed by atoms with Gasteiger partial charge in [-0.1, -0.05) is 60.7 Å². The second kappa shape index (κ2) is 11.5. The first-order valence-electron chi connectivity index (χ1n) is 13.0. The van der Waals surface area contributed by atoms with Crippen molar-refractivity contribution in [3.63, 3.8) is 0 Å². The molecule has 0 aliphatic heterocycles. The molecular formula is C31H31N3O5. The molecule has 0 saturated heterocycles. The molecule has 3 aromatic carbocycles. The molecule has 1 aliphatic carbocycles. The van der Waals surface area contributed by atoms with Gasteiger partial charge in [-0.3, -0.25) is 14.8 Å². The lowest BCUT2D eigenvalue weighted by atomic mass is 9.93. The van der Waals surface area contributed by atoms with E-state index in [1.807, 2.05) is 72.8 Å². The molecule has 1 fully saturated rings. The van der Waals surface area contributed by atoms with Crippen molar-refractivity contribution in [3.05, 3.63) is 102 Å². The molecule has 1 aliphatic rings. The number of carbonyl (C=O) groups excluding carboxylic acids is 2. The van der Waals surface area contributed by atoms with Crippen LogP contribution >= 0.6 is 0 Å². The third kappa shape index (κ3) is 5.86. The number of hydrogen-bond acceptors (Lipinski definition) is 7. The summed E-state index contributed by atoms with van der Waals surface area (Å²) in [6.07, 6.45) is 0.682. The molecule has 0 spiro atoms. The van der Waals surface area contributed by atoms with Crippen molar-refractivity contribution >= 4 is 28.6 Å². The van der Waals surface area contributed by atoms with E-state index in [9.17, 15) is 9.59 Å². The Morgan fingerprint density at radius 3 is 2.49 bits per heavy atom. The Bertz CT molecular complexity index is 1460. The van der Waals surface area contributed by atoms with Crippen LogP contribution in [0.5, 0.6) is 5.75 Å². The number of carbonyl (C=O) groups is 2. The molecule has 1 aromatic heterocycles. The maximum absolute atomic E-state index is 12.6. The normalized spacial score (nSPS) is 17.8. The van der Waals surface area contributed by atoms with E-state index in [4.69, 9.17) is 19.7 Å². The number of anilines is 1. The second-order valence-corrected chi connectivity index (χ2v) is 9.74. The lowest BCUT2D eigenvalue weighted by Crippen LogP contribution is -2.30. The van der Waals surface area contributed by atoms with Gasteiger partial charge in [-0.15, -0.1) is 0 Å². The molecular weight excluding hydrogens is 494 g/mol. The van der Waals surface area contributed by atoms with E-state index in [2.05, 4.69) is 17.4 Å². The fraction of sp³-hybridized carbons (Fsp3) is 0.258. The molecule has 1 heterocycles. The monoisotopic (exact) mass is 525 g/mol. The van der Waals surface area contributed by atoms with E-state index in [1.165, 1.54) is 5.56 Å². The average molecular weight is 526 g/mol. The number of esters is 1. The Morgan fingerprint density at radius 2 is 1.74 bits per heavy atom. The van der Waals surface area contributed by atoms with Gasteiger partial charge in [0.05, 0.1) is 23.5 Å². The number of para-hydroxylation sites is 1. The first kappa shape index (κ1) is 26.2. The van der Waals surface area contributed by atoms with E-state index < -0.39 is 23.2 Å². The van der Waals surface area contributed by atoms with Crippen LogP contribution in [0.2, 0.25) is 0 Å². The van der Waals surface area contributed by atoms with Crippen LogP contribution in [-0.2, 0) is 33.9 Å². The summed E-state index contributed by atoms with van der Waals surface area (Å²) in [4.78, 5) is 29.4. The molecule has 200 valence electrons. The minimum atomic E-state index is -0.954. The van der Waals surface area contributed by atoms with Crippen molar-refractivity contribution in [2.24, 2.45) is 11.3 Å². The fourth-order valence-electron chi connectivity index (χ4n) is 4.97. The van der Waals surface area contributed by atoms with Gasteiger partial charge >= 0.3 is 5.97 Å². The lowest BCUT2D eigenvalue weighted by molar-refractivity contribution is -0.152. The van der Waals surface area contributed by atoms with Gasteiger partial charge in [0.15, 0.2) is 0 Å². The smallest absolute Gasteiger partial charge is 0.313 e. The summed E-state index contributed by atoms with van der Waals surface area (Å²) >= 11 is 0. The number of hydroxylamine groups is 1. The van der Waals surface area contributed by atoms with Crippen LogP contribution in [0.15, 0.2) is 84.9 Å². The first-order chi connectivity index (χ1) is 19.0. The van der Waals surface area contributed by atoms with Gasteiger partial charge in [0.2, 0.25) is 5.91 Å². The minimum Gasteiger partial charge on any atom is -0.489 e. The molecule has 3 N–H and O–H groups in total. The Kier molecular flexibility index (Phi) is 7.74. The van der Waals surface area contributed by atoms with Crippen LogP contribution in [0.1, 0.15) is 30.0 Å².